The Morgan fingerprint density at radius 1 is 1.17 bits per heavy atom. The van der Waals surface area contributed by atoms with Crippen molar-refractivity contribution in [1.82, 2.24) is 9.79 Å². The molecule has 0 bridgehead atoms. The van der Waals surface area contributed by atoms with Crippen molar-refractivity contribution in [3.8, 4) is 0 Å². The Hall–Kier alpha value is -2.42. The minimum atomic E-state index is -0.591. The highest BCUT2D eigenvalue weighted by molar-refractivity contribution is 7.97. The summed E-state index contributed by atoms with van der Waals surface area (Å²) in [6, 6.07) is 15.7. The molecule has 0 heterocycles. The number of rotatable bonds is 7. The molecule has 2 rings (SSSR count). The van der Waals surface area contributed by atoms with Gasteiger partial charge in [0.25, 0.3) is 11.6 Å². The highest BCUT2D eigenvalue weighted by Gasteiger charge is 2.19. The molecule has 0 aliphatic heterocycles. The molecule has 2 aromatic carbocycles. The number of amides is 1. The molecule has 2 aromatic rings. The van der Waals surface area contributed by atoms with Gasteiger partial charge in [-0.15, -0.1) is 0 Å². The third-order valence-electron chi connectivity index (χ3n) is 2.94. The molecule has 0 radical (unpaired) electrons. The number of nitro groups is 1. The van der Waals surface area contributed by atoms with E-state index in [1.54, 1.807) is 28.0 Å². The molecular weight excluding hydrogens is 318 g/mol. The maximum absolute atomic E-state index is 11.5. The van der Waals surface area contributed by atoms with E-state index >= 15 is 0 Å². The lowest BCUT2D eigenvalue weighted by Crippen LogP contribution is -2.31. The van der Waals surface area contributed by atoms with Crippen LogP contribution in [0, 0.1) is 10.1 Å². The summed E-state index contributed by atoms with van der Waals surface area (Å²) in [6.07, 6.45) is 0. The highest BCUT2D eigenvalue weighted by Crippen LogP contribution is 2.32. The first-order valence-electron chi connectivity index (χ1n) is 6.73. The second-order valence-electron chi connectivity index (χ2n) is 4.63. The summed E-state index contributed by atoms with van der Waals surface area (Å²) in [6.45, 7) is 0.285. The van der Waals surface area contributed by atoms with Gasteiger partial charge in [0, 0.05) is 12.6 Å². The standard InChI is InChI=1S/C15H15N3O4S/c19-15(16-20)11-17(10-12-6-2-1-3-7-12)23-14-9-5-4-8-13(14)18(21)22/h1-9,20H,10-11H2,(H,16,19). The van der Waals surface area contributed by atoms with Crippen LogP contribution in [0.25, 0.3) is 0 Å². The fraction of sp³-hybridized carbons (Fsp3) is 0.133. The Labute approximate surface area is 137 Å². The van der Waals surface area contributed by atoms with Crippen molar-refractivity contribution in [3.63, 3.8) is 0 Å². The largest absolute Gasteiger partial charge is 0.289 e. The third-order valence-corrected chi connectivity index (χ3v) is 3.99. The van der Waals surface area contributed by atoms with Gasteiger partial charge < -0.3 is 0 Å². The highest BCUT2D eigenvalue weighted by atomic mass is 32.2. The zero-order valence-electron chi connectivity index (χ0n) is 12.1. The van der Waals surface area contributed by atoms with Crippen LogP contribution in [-0.2, 0) is 11.3 Å². The maximum atomic E-state index is 11.5. The minimum absolute atomic E-state index is 0.0278. The summed E-state index contributed by atoms with van der Waals surface area (Å²) in [4.78, 5) is 22.5. The molecular formula is C15H15N3O4S. The van der Waals surface area contributed by atoms with Gasteiger partial charge in [0.05, 0.1) is 11.5 Å². The van der Waals surface area contributed by atoms with Crippen LogP contribution in [0.1, 0.15) is 5.56 Å². The van der Waals surface area contributed by atoms with Crippen molar-refractivity contribution in [3.05, 3.63) is 70.3 Å². The summed E-state index contributed by atoms with van der Waals surface area (Å²) in [5.74, 6) is -0.591. The van der Waals surface area contributed by atoms with Gasteiger partial charge in [-0.05, 0) is 23.6 Å². The molecule has 1 amide bonds. The van der Waals surface area contributed by atoms with Crippen LogP contribution < -0.4 is 5.48 Å². The number of hydrogen-bond acceptors (Lipinski definition) is 6. The van der Waals surface area contributed by atoms with Gasteiger partial charge in [0.1, 0.15) is 4.90 Å². The molecule has 0 saturated heterocycles. The molecule has 0 spiro atoms. The van der Waals surface area contributed by atoms with E-state index in [4.69, 9.17) is 5.21 Å². The van der Waals surface area contributed by atoms with Crippen LogP contribution in [-0.4, -0.2) is 26.9 Å². The van der Waals surface area contributed by atoms with Crippen molar-refractivity contribution >= 4 is 23.5 Å². The molecule has 0 atom stereocenters. The van der Waals surface area contributed by atoms with E-state index in [-0.39, 0.29) is 12.2 Å². The predicted octanol–water partition coefficient (Wildman–Crippen LogP) is 2.61. The van der Waals surface area contributed by atoms with E-state index in [9.17, 15) is 14.9 Å². The average Bonchev–Trinajstić information content (AvgIpc) is 2.56. The lowest BCUT2D eigenvalue weighted by atomic mass is 10.2. The molecule has 7 nitrogen and oxygen atoms in total. The van der Waals surface area contributed by atoms with Gasteiger partial charge in [0.15, 0.2) is 0 Å². The predicted molar refractivity (Wildman–Crippen MR) is 85.7 cm³/mol. The maximum Gasteiger partial charge on any atom is 0.284 e. The Kier molecular flexibility index (Phi) is 6.10. The molecule has 0 fully saturated rings. The Balaban J connectivity index is 2.20. The Morgan fingerprint density at radius 3 is 2.48 bits per heavy atom. The van der Waals surface area contributed by atoms with Gasteiger partial charge in [-0.25, -0.2) is 9.79 Å². The zero-order valence-corrected chi connectivity index (χ0v) is 12.9. The Morgan fingerprint density at radius 2 is 1.83 bits per heavy atom. The van der Waals surface area contributed by atoms with Crippen molar-refractivity contribution in [1.29, 1.82) is 0 Å². The van der Waals surface area contributed by atoms with Crippen molar-refractivity contribution in [2.24, 2.45) is 0 Å². The molecule has 2 N–H and O–H groups in total. The van der Waals surface area contributed by atoms with Gasteiger partial charge in [-0.3, -0.25) is 20.1 Å². The van der Waals surface area contributed by atoms with Crippen LogP contribution in [0.15, 0.2) is 59.5 Å². The van der Waals surface area contributed by atoms with Crippen LogP contribution >= 0.6 is 11.9 Å². The summed E-state index contributed by atoms with van der Waals surface area (Å²) in [7, 11) is 0. The van der Waals surface area contributed by atoms with Gasteiger partial charge in [0.2, 0.25) is 0 Å². The molecule has 120 valence electrons. The first-order chi connectivity index (χ1) is 11.1. The smallest absolute Gasteiger partial charge is 0.284 e. The number of hydroxylamine groups is 1. The van der Waals surface area contributed by atoms with Crippen LogP contribution in [0.2, 0.25) is 0 Å². The first-order valence-corrected chi connectivity index (χ1v) is 7.50. The number of hydrogen-bond donors (Lipinski definition) is 2. The molecule has 0 unspecified atom stereocenters. The minimum Gasteiger partial charge on any atom is -0.289 e. The topological polar surface area (TPSA) is 95.7 Å². The molecule has 8 heteroatoms. The molecule has 0 saturated carbocycles. The van der Waals surface area contributed by atoms with E-state index in [0.29, 0.717) is 11.4 Å². The van der Waals surface area contributed by atoms with Gasteiger partial charge in [-0.1, -0.05) is 42.5 Å². The summed E-state index contributed by atoms with van der Waals surface area (Å²) < 4.78 is 1.64. The van der Waals surface area contributed by atoms with E-state index in [2.05, 4.69) is 0 Å². The lowest BCUT2D eigenvalue weighted by Gasteiger charge is -2.20. The summed E-state index contributed by atoms with van der Waals surface area (Å²) >= 11 is 1.10. The normalized spacial score (nSPS) is 10.5. The monoisotopic (exact) mass is 333 g/mol. The summed E-state index contributed by atoms with van der Waals surface area (Å²) in [5.41, 5.74) is 2.50. The van der Waals surface area contributed by atoms with Gasteiger partial charge >= 0.3 is 0 Å². The van der Waals surface area contributed by atoms with Gasteiger partial charge in [-0.2, -0.15) is 0 Å². The molecule has 0 aromatic heterocycles. The van der Waals surface area contributed by atoms with Crippen LogP contribution in [0.5, 0.6) is 0 Å². The van der Waals surface area contributed by atoms with E-state index in [1.807, 2.05) is 30.3 Å². The number of nitrogens with zero attached hydrogens (tertiary/aromatic N) is 2. The fourth-order valence-electron chi connectivity index (χ4n) is 1.93. The number of carbonyl (C=O) groups is 1. The molecule has 23 heavy (non-hydrogen) atoms. The number of nitro benzene ring substituents is 1. The summed E-state index contributed by atoms with van der Waals surface area (Å²) in [5, 5.41) is 19.8. The number of carbonyl (C=O) groups excluding carboxylic acids is 1. The molecule has 0 aliphatic carbocycles. The van der Waals surface area contributed by atoms with Crippen LogP contribution in [0.4, 0.5) is 5.69 Å². The number of nitrogens with one attached hydrogen (secondary N) is 1. The lowest BCUT2D eigenvalue weighted by molar-refractivity contribution is -0.387. The van der Waals surface area contributed by atoms with E-state index < -0.39 is 10.8 Å². The second kappa shape index (κ2) is 8.28. The van der Waals surface area contributed by atoms with Crippen molar-refractivity contribution < 1.29 is 14.9 Å². The Bertz CT molecular complexity index is 681. The quantitative estimate of drug-likeness (QED) is 0.350. The average molecular weight is 333 g/mol. The van der Waals surface area contributed by atoms with Crippen molar-refractivity contribution in [2.75, 3.05) is 6.54 Å². The van der Waals surface area contributed by atoms with Crippen molar-refractivity contribution in [2.45, 2.75) is 11.4 Å². The SMILES string of the molecule is O=C(CN(Cc1ccccc1)Sc1ccccc1[N+](=O)[O-])NO. The van der Waals surface area contributed by atoms with E-state index in [1.165, 1.54) is 6.07 Å². The second-order valence-corrected chi connectivity index (χ2v) is 5.77. The zero-order chi connectivity index (χ0) is 16.7. The third kappa shape index (κ3) is 5.06. The first kappa shape index (κ1) is 16.9. The van der Waals surface area contributed by atoms with Crippen LogP contribution in [0.3, 0.4) is 0 Å². The molecule has 0 aliphatic rings. The van der Waals surface area contributed by atoms with E-state index in [0.717, 1.165) is 17.5 Å². The fourth-order valence-corrected chi connectivity index (χ4v) is 2.98. The number of para-hydroxylation sites is 1. The number of benzene rings is 2.